The van der Waals surface area contributed by atoms with Crippen molar-refractivity contribution in [2.75, 3.05) is 26.2 Å². The number of benzene rings is 1. The van der Waals surface area contributed by atoms with E-state index in [9.17, 15) is 13.6 Å². The number of rotatable bonds is 5. The minimum atomic E-state index is -2.68. The van der Waals surface area contributed by atoms with Crippen LogP contribution in [0.1, 0.15) is 40.9 Å². The third kappa shape index (κ3) is 4.53. The second kappa shape index (κ2) is 9.10. The Balaban J connectivity index is 1.45. The van der Waals surface area contributed by atoms with Crippen LogP contribution in [0.2, 0.25) is 10.0 Å². The number of aryl methyl sites for hydroxylation is 1. The van der Waals surface area contributed by atoms with Crippen molar-refractivity contribution in [3.05, 3.63) is 45.5 Å². The van der Waals surface area contributed by atoms with E-state index in [1.54, 1.807) is 34.9 Å². The lowest BCUT2D eigenvalue weighted by Crippen LogP contribution is -2.43. The molecule has 1 amide bonds. The molecule has 1 saturated heterocycles. The van der Waals surface area contributed by atoms with Gasteiger partial charge in [0.15, 0.2) is 16.7 Å². The van der Waals surface area contributed by atoms with Crippen LogP contribution in [-0.4, -0.2) is 71.9 Å². The van der Waals surface area contributed by atoms with E-state index in [4.69, 9.17) is 23.2 Å². The van der Waals surface area contributed by atoms with Gasteiger partial charge in [-0.25, -0.2) is 13.8 Å². The van der Waals surface area contributed by atoms with Crippen molar-refractivity contribution in [3.8, 4) is 10.8 Å². The third-order valence-electron chi connectivity index (χ3n) is 6.13. The maximum atomic E-state index is 13.7. The van der Waals surface area contributed by atoms with Gasteiger partial charge in [-0.1, -0.05) is 23.2 Å². The summed E-state index contributed by atoms with van der Waals surface area (Å²) in [5.74, 6) is -1.05. The fourth-order valence-electron chi connectivity index (χ4n) is 4.46. The van der Waals surface area contributed by atoms with Gasteiger partial charge in [0.2, 0.25) is 0 Å². The number of carbonyl (C=O) groups is 1. The fraction of sp³-hybridized carbons (Fsp3) is 0.476. The SMILES string of the molecule is Cc1nsc(-c2nnc3n2CCN(C(=O)c2ccc(Cl)c(Cl)c2)C3CCN2CCC(F)(F)C2)n1. The first-order valence-corrected chi connectivity index (χ1v) is 12.3. The molecular formula is C21H21Cl2F2N7OS. The van der Waals surface area contributed by atoms with Crippen molar-refractivity contribution in [2.45, 2.75) is 38.3 Å². The molecule has 0 bridgehead atoms. The van der Waals surface area contributed by atoms with E-state index in [1.807, 2.05) is 4.57 Å². The molecule has 34 heavy (non-hydrogen) atoms. The average Bonchev–Trinajstić information content (AvgIpc) is 3.51. The number of hydrogen-bond acceptors (Lipinski definition) is 7. The number of carbonyl (C=O) groups excluding carboxylic acids is 1. The number of halogens is 4. The molecule has 1 fully saturated rings. The Kier molecular flexibility index (Phi) is 6.30. The summed E-state index contributed by atoms with van der Waals surface area (Å²) in [6.45, 7) is 3.13. The van der Waals surface area contributed by atoms with Gasteiger partial charge in [-0.05, 0) is 43.1 Å². The van der Waals surface area contributed by atoms with Crippen LogP contribution in [0.4, 0.5) is 8.78 Å². The normalized spacial score (nSPS) is 20.0. The molecule has 1 atom stereocenters. The van der Waals surface area contributed by atoms with E-state index >= 15 is 0 Å². The van der Waals surface area contributed by atoms with E-state index in [0.717, 1.165) is 0 Å². The summed E-state index contributed by atoms with van der Waals surface area (Å²) in [5, 5.41) is 10.0. The lowest BCUT2D eigenvalue weighted by Gasteiger charge is -2.36. The van der Waals surface area contributed by atoms with Crippen molar-refractivity contribution in [2.24, 2.45) is 0 Å². The number of fused-ring (bicyclic) bond motifs is 1. The van der Waals surface area contributed by atoms with Crippen LogP contribution in [0.25, 0.3) is 10.8 Å². The van der Waals surface area contributed by atoms with Gasteiger partial charge in [-0.3, -0.25) is 9.69 Å². The van der Waals surface area contributed by atoms with E-state index in [0.29, 0.717) is 65.7 Å². The van der Waals surface area contributed by atoms with Crippen molar-refractivity contribution < 1.29 is 13.6 Å². The monoisotopic (exact) mass is 527 g/mol. The number of hydrogen-bond donors (Lipinski definition) is 0. The first kappa shape index (κ1) is 23.5. The predicted molar refractivity (Wildman–Crippen MR) is 125 cm³/mol. The number of amides is 1. The Bertz CT molecular complexity index is 1230. The molecule has 0 aliphatic carbocycles. The maximum absolute atomic E-state index is 13.7. The second-order valence-electron chi connectivity index (χ2n) is 8.49. The Morgan fingerprint density at radius 1 is 1.21 bits per heavy atom. The summed E-state index contributed by atoms with van der Waals surface area (Å²) in [6.07, 6.45) is 0.288. The molecule has 0 saturated carbocycles. The summed E-state index contributed by atoms with van der Waals surface area (Å²) in [7, 11) is 0. The van der Waals surface area contributed by atoms with Gasteiger partial charge in [0.1, 0.15) is 5.82 Å². The zero-order valence-electron chi connectivity index (χ0n) is 18.2. The van der Waals surface area contributed by atoms with Crippen LogP contribution < -0.4 is 0 Å². The van der Waals surface area contributed by atoms with Gasteiger partial charge in [0.25, 0.3) is 11.8 Å². The first-order valence-electron chi connectivity index (χ1n) is 10.8. The number of alkyl halides is 2. The van der Waals surface area contributed by atoms with E-state index < -0.39 is 12.0 Å². The number of aromatic nitrogens is 5. The lowest BCUT2D eigenvalue weighted by atomic mass is 10.1. The topological polar surface area (TPSA) is 80.0 Å². The second-order valence-corrected chi connectivity index (χ2v) is 10.1. The van der Waals surface area contributed by atoms with Gasteiger partial charge in [0, 0.05) is 38.2 Å². The molecule has 2 aliphatic rings. The number of likely N-dealkylation sites (tertiary alicyclic amines) is 1. The third-order valence-corrected chi connectivity index (χ3v) is 7.67. The van der Waals surface area contributed by atoms with Crippen molar-refractivity contribution >= 4 is 40.6 Å². The minimum Gasteiger partial charge on any atom is -0.327 e. The quantitative estimate of drug-likeness (QED) is 0.491. The molecule has 0 radical (unpaired) electrons. The summed E-state index contributed by atoms with van der Waals surface area (Å²) >= 11 is 13.4. The standard InChI is InChI=1S/C21H21Cl2F2N7OS/c1-12-26-19(34-29-12)18-28-27-17-16(4-6-30-7-5-21(24,25)11-30)31(8-9-32(17)18)20(33)13-2-3-14(22)15(23)10-13/h2-3,10,16H,4-9,11H2,1H3. The van der Waals surface area contributed by atoms with Gasteiger partial charge >= 0.3 is 0 Å². The van der Waals surface area contributed by atoms with Gasteiger partial charge in [-0.15, -0.1) is 10.2 Å². The fourth-order valence-corrected chi connectivity index (χ4v) is 5.42. The van der Waals surface area contributed by atoms with Crippen LogP contribution in [0, 0.1) is 6.92 Å². The maximum Gasteiger partial charge on any atom is 0.261 e. The molecule has 2 aromatic heterocycles. The largest absolute Gasteiger partial charge is 0.327 e. The van der Waals surface area contributed by atoms with Gasteiger partial charge in [-0.2, -0.15) is 4.37 Å². The highest BCUT2D eigenvalue weighted by Crippen LogP contribution is 2.35. The van der Waals surface area contributed by atoms with Crippen molar-refractivity contribution in [1.29, 1.82) is 0 Å². The Labute approximate surface area is 208 Å². The zero-order valence-corrected chi connectivity index (χ0v) is 20.5. The molecule has 1 aromatic carbocycles. The van der Waals surface area contributed by atoms with E-state index in [2.05, 4.69) is 19.6 Å². The Morgan fingerprint density at radius 3 is 2.71 bits per heavy atom. The average molecular weight is 528 g/mol. The number of nitrogens with zero attached hydrogens (tertiary/aromatic N) is 7. The predicted octanol–water partition coefficient (Wildman–Crippen LogP) is 4.34. The highest BCUT2D eigenvalue weighted by molar-refractivity contribution is 7.09. The molecule has 1 unspecified atom stereocenters. The summed E-state index contributed by atoms with van der Waals surface area (Å²) in [5.41, 5.74) is 0.403. The van der Waals surface area contributed by atoms with Crippen LogP contribution in [-0.2, 0) is 6.54 Å². The Morgan fingerprint density at radius 2 is 2.03 bits per heavy atom. The van der Waals surface area contributed by atoms with Crippen LogP contribution in [0.15, 0.2) is 18.2 Å². The van der Waals surface area contributed by atoms with Gasteiger partial charge in [0.05, 0.1) is 22.6 Å². The highest BCUT2D eigenvalue weighted by Gasteiger charge is 2.40. The minimum absolute atomic E-state index is 0.152. The molecule has 0 N–H and O–H groups in total. The van der Waals surface area contributed by atoms with Crippen molar-refractivity contribution in [3.63, 3.8) is 0 Å². The van der Waals surface area contributed by atoms with Crippen LogP contribution >= 0.6 is 34.7 Å². The van der Waals surface area contributed by atoms with Gasteiger partial charge < -0.3 is 9.47 Å². The summed E-state index contributed by atoms with van der Waals surface area (Å²) in [4.78, 5) is 21.3. The molecule has 180 valence electrons. The molecule has 0 spiro atoms. The highest BCUT2D eigenvalue weighted by atomic mass is 35.5. The van der Waals surface area contributed by atoms with Crippen LogP contribution in [0.3, 0.4) is 0 Å². The van der Waals surface area contributed by atoms with E-state index in [-0.39, 0.29) is 23.9 Å². The lowest BCUT2D eigenvalue weighted by molar-refractivity contribution is 0.0109. The molecule has 2 aliphatic heterocycles. The smallest absolute Gasteiger partial charge is 0.261 e. The first-order chi connectivity index (χ1) is 16.2. The summed E-state index contributed by atoms with van der Waals surface area (Å²) in [6, 6.07) is 4.31. The van der Waals surface area contributed by atoms with Crippen molar-refractivity contribution in [1.82, 2.24) is 33.9 Å². The molecule has 3 aromatic rings. The van der Waals surface area contributed by atoms with Crippen LogP contribution in [0.5, 0.6) is 0 Å². The molecule has 8 nitrogen and oxygen atoms in total. The Hall–Kier alpha value is -2.21. The zero-order chi connectivity index (χ0) is 24.0. The summed E-state index contributed by atoms with van der Waals surface area (Å²) < 4.78 is 33.6. The molecule has 13 heteroatoms. The molecular weight excluding hydrogens is 507 g/mol. The van der Waals surface area contributed by atoms with E-state index in [1.165, 1.54) is 11.5 Å². The molecule has 5 rings (SSSR count). The molecule has 4 heterocycles.